The van der Waals surface area contributed by atoms with E-state index in [9.17, 15) is 26.7 Å². The minimum atomic E-state index is -4.82. The lowest BCUT2D eigenvalue weighted by Gasteiger charge is -2.20. The van der Waals surface area contributed by atoms with Crippen LogP contribution in [0.4, 0.5) is 22.0 Å². The number of hydrogen-bond donors (Lipinski definition) is 1. The van der Waals surface area contributed by atoms with Crippen molar-refractivity contribution in [2.75, 3.05) is 19.6 Å². The number of hydrogen-bond acceptors (Lipinski definition) is 3. The van der Waals surface area contributed by atoms with Crippen LogP contribution in [0, 0.1) is 29.4 Å². The van der Waals surface area contributed by atoms with Crippen LogP contribution in [0.25, 0.3) is 0 Å². The SMILES string of the molecule is O=C(NCC1C2CN(Cc3cccc(F)c3F)CC12)c1cccc(OC(F)(F)F)c1. The Kier molecular flexibility index (Phi) is 5.40. The summed E-state index contributed by atoms with van der Waals surface area (Å²) < 4.78 is 67.9. The molecule has 1 heterocycles. The third-order valence-electron chi connectivity index (χ3n) is 5.70. The highest BCUT2D eigenvalue weighted by Crippen LogP contribution is 2.51. The molecule has 1 amide bonds. The Balaban J connectivity index is 1.25. The molecule has 9 heteroatoms. The van der Waals surface area contributed by atoms with E-state index in [0.717, 1.165) is 31.3 Å². The summed E-state index contributed by atoms with van der Waals surface area (Å²) in [4.78, 5) is 14.3. The molecule has 1 N–H and O–H groups in total. The van der Waals surface area contributed by atoms with E-state index in [2.05, 4.69) is 15.0 Å². The van der Waals surface area contributed by atoms with Crippen LogP contribution in [0.1, 0.15) is 15.9 Å². The van der Waals surface area contributed by atoms with E-state index < -0.39 is 29.7 Å². The lowest BCUT2D eigenvalue weighted by atomic mass is 10.1. The number of likely N-dealkylation sites (tertiary alicyclic amines) is 1. The van der Waals surface area contributed by atoms with Crippen LogP contribution in [0.5, 0.6) is 5.75 Å². The van der Waals surface area contributed by atoms with E-state index in [-0.39, 0.29) is 11.5 Å². The summed E-state index contributed by atoms with van der Waals surface area (Å²) in [7, 11) is 0. The topological polar surface area (TPSA) is 41.6 Å². The zero-order chi connectivity index (χ0) is 21.5. The van der Waals surface area contributed by atoms with Gasteiger partial charge in [0.15, 0.2) is 11.6 Å². The molecule has 4 nitrogen and oxygen atoms in total. The number of alkyl halides is 3. The molecule has 0 radical (unpaired) electrons. The first-order valence-electron chi connectivity index (χ1n) is 9.50. The highest BCUT2D eigenvalue weighted by atomic mass is 19.4. The molecule has 1 saturated carbocycles. The minimum absolute atomic E-state index is 0.0887. The van der Waals surface area contributed by atoms with Gasteiger partial charge in [-0.05, 0) is 42.0 Å². The second kappa shape index (κ2) is 7.86. The third kappa shape index (κ3) is 4.56. The van der Waals surface area contributed by atoms with E-state index in [4.69, 9.17) is 0 Å². The molecule has 30 heavy (non-hydrogen) atoms. The number of rotatable bonds is 6. The number of fused-ring (bicyclic) bond motifs is 1. The Bertz CT molecular complexity index is 937. The summed E-state index contributed by atoms with van der Waals surface area (Å²) in [6.07, 6.45) is -4.82. The first-order chi connectivity index (χ1) is 14.2. The Morgan fingerprint density at radius 3 is 2.50 bits per heavy atom. The van der Waals surface area contributed by atoms with Crippen molar-refractivity contribution in [2.24, 2.45) is 17.8 Å². The van der Waals surface area contributed by atoms with Crippen molar-refractivity contribution in [3.8, 4) is 5.75 Å². The quantitative estimate of drug-likeness (QED) is 0.711. The van der Waals surface area contributed by atoms with Gasteiger partial charge in [0.1, 0.15) is 5.75 Å². The molecule has 2 aromatic carbocycles. The Morgan fingerprint density at radius 1 is 1.10 bits per heavy atom. The summed E-state index contributed by atoms with van der Waals surface area (Å²) in [6.45, 7) is 2.22. The van der Waals surface area contributed by atoms with Gasteiger partial charge < -0.3 is 10.1 Å². The fourth-order valence-electron chi connectivity index (χ4n) is 4.23. The smallest absolute Gasteiger partial charge is 0.406 e. The Morgan fingerprint density at radius 2 is 1.80 bits per heavy atom. The largest absolute Gasteiger partial charge is 0.573 e. The van der Waals surface area contributed by atoms with Crippen LogP contribution in [0.2, 0.25) is 0 Å². The second-order valence-corrected chi connectivity index (χ2v) is 7.68. The standard InChI is InChI=1S/C21H19F5N2O2/c22-18-6-2-4-13(19(18)23)9-28-10-16-15(17(16)11-28)8-27-20(29)12-3-1-5-14(7-12)30-21(24,25)26/h1-7,15-17H,8-11H2,(H,27,29). The summed E-state index contributed by atoms with van der Waals surface area (Å²) in [6, 6.07) is 9.06. The van der Waals surface area contributed by atoms with Crippen LogP contribution >= 0.6 is 0 Å². The average Bonchev–Trinajstić information content (AvgIpc) is 3.13. The highest BCUT2D eigenvalue weighted by Gasteiger charge is 2.55. The van der Waals surface area contributed by atoms with Crippen LogP contribution in [0.15, 0.2) is 42.5 Å². The highest BCUT2D eigenvalue weighted by molar-refractivity contribution is 5.94. The summed E-state index contributed by atoms with van der Waals surface area (Å²) in [5.41, 5.74) is 0.410. The summed E-state index contributed by atoms with van der Waals surface area (Å²) in [5.74, 6) is -1.59. The summed E-state index contributed by atoms with van der Waals surface area (Å²) in [5, 5.41) is 2.76. The third-order valence-corrected chi connectivity index (χ3v) is 5.70. The van der Waals surface area contributed by atoms with Crippen molar-refractivity contribution in [3.63, 3.8) is 0 Å². The maximum atomic E-state index is 13.8. The zero-order valence-corrected chi connectivity index (χ0v) is 15.8. The number of halogens is 5. The molecule has 0 aromatic heterocycles. The van der Waals surface area contributed by atoms with Crippen LogP contribution in [-0.4, -0.2) is 36.8 Å². The fraction of sp³-hybridized carbons (Fsp3) is 0.381. The van der Waals surface area contributed by atoms with E-state index in [1.165, 1.54) is 18.2 Å². The predicted molar refractivity (Wildman–Crippen MR) is 97.6 cm³/mol. The Labute approximate surface area is 169 Å². The van der Waals surface area contributed by atoms with Gasteiger partial charge in [0.05, 0.1) is 0 Å². The number of nitrogens with zero attached hydrogens (tertiary/aromatic N) is 1. The number of piperidine rings is 1. The second-order valence-electron chi connectivity index (χ2n) is 7.68. The molecule has 2 aliphatic rings. The van der Waals surface area contributed by atoms with E-state index in [1.807, 2.05) is 0 Å². The predicted octanol–water partition coefficient (Wildman–Crippen LogP) is 3.97. The van der Waals surface area contributed by atoms with Gasteiger partial charge in [-0.25, -0.2) is 8.78 Å². The lowest BCUT2D eigenvalue weighted by molar-refractivity contribution is -0.274. The normalized spacial score (nSPS) is 23.2. The van der Waals surface area contributed by atoms with Gasteiger partial charge in [0, 0.05) is 37.3 Å². The molecule has 1 aliphatic heterocycles. The molecule has 2 aromatic rings. The summed E-state index contributed by atoms with van der Waals surface area (Å²) >= 11 is 0. The van der Waals surface area contributed by atoms with Crippen molar-refractivity contribution < 1.29 is 31.5 Å². The number of nitrogens with one attached hydrogen (secondary N) is 1. The number of carbonyl (C=O) groups excluding carboxylic acids is 1. The van der Waals surface area contributed by atoms with Gasteiger partial charge in [0.2, 0.25) is 0 Å². The molecule has 4 rings (SSSR count). The van der Waals surface area contributed by atoms with Gasteiger partial charge in [-0.3, -0.25) is 9.69 Å². The fourth-order valence-corrected chi connectivity index (χ4v) is 4.23. The Hall–Kier alpha value is -2.68. The number of carbonyl (C=O) groups is 1. The molecule has 160 valence electrons. The number of ether oxygens (including phenoxy) is 1. The maximum Gasteiger partial charge on any atom is 0.573 e. The van der Waals surface area contributed by atoms with Crippen LogP contribution < -0.4 is 10.1 Å². The maximum absolute atomic E-state index is 13.8. The zero-order valence-electron chi connectivity index (χ0n) is 15.8. The molecular weight excluding hydrogens is 407 g/mol. The van der Waals surface area contributed by atoms with E-state index in [1.54, 1.807) is 6.07 Å². The van der Waals surface area contributed by atoms with Crippen molar-refractivity contribution in [1.29, 1.82) is 0 Å². The molecule has 0 bridgehead atoms. The van der Waals surface area contributed by atoms with E-state index in [0.29, 0.717) is 30.5 Å². The van der Waals surface area contributed by atoms with Gasteiger partial charge in [-0.2, -0.15) is 0 Å². The van der Waals surface area contributed by atoms with Crippen molar-refractivity contribution in [2.45, 2.75) is 12.9 Å². The number of amides is 1. The minimum Gasteiger partial charge on any atom is -0.406 e. The molecule has 2 fully saturated rings. The first kappa shape index (κ1) is 20.6. The van der Waals surface area contributed by atoms with Crippen molar-refractivity contribution in [3.05, 3.63) is 65.2 Å². The van der Waals surface area contributed by atoms with Gasteiger partial charge in [-0.15, -0.1) is 13.2 Å². The van der Waals surface area contributed by atoms with Crippen LogP contribution in [0.3, 0.4) is 0 Å². The molecule has 2 unspecified atom stereocenters. The van der Waals surface area contributed by atoms with Gasteiger partial charge in [0.25, 0.3) is 5.91 Å². The van der Waals surface area contributed by atoms with Crippen molar-refractivity contribution >= 4 is 5.91 Å². The first-order valence-corrected chi connectivity index (χ1v) is 9.50. The molecule has 1 aliphatic carbocycles. The molecule has 0 spiro atoms. The lowest BCUT2D eigenvalue weighted by Crippen LogP contribution is -2.30. The van der Waals surface area contributed by atoms with E-state index >= 15 is 0 Å². The van der Waals surface area contributed by atoms with Crippen molar-refractivity contribution in [1.82, 2.24) is 10.2 Å². The molecule has 2 atom stereocenters. The monoisotopic (exact) mass is 426 g/mol. The average molecular weight is 426 g/mol. The number of benzene rings is 2. The molecular formula is C21H19F5N2O2. The van der Waals surface area contributed by atoms with Crippen LogP contribution in [-0.2, 0) is 6.54 Å². The van der Waals surface area contributed by atoms with Gasteiger partial charge in [-0.1, -0.05) is 18.2 Å². The van der Waals surface area contributed by atoms with Gasteiger partial charge >= 0.3 is 6.36 Å². The molecule has 1 saturated heterocycles.